The Bertz CT molecular complexity index is 1310. The Kier molecular flexibility index (Phi) is 20.8. The molecule has 342 valence electrons. The molecule has 0 aromatic carbocycles. The maximum Gasteiger partial charge on any atom is 0.460 e. The number of ketones is 6. The molecule has 58 heavy (non-hydrogen) atoms. The number of alkyl halides is 21. The third-order valence-electron chi connectivity index (χ3n) is 6.94. The molecular formula is C30H39F21O6Sm+6. The topological polar surface area (TPSA) is 128 Å². The minimum atomic E-state index is -6.53. The number of halogens is 21. The molecule has 6 nitrogen and oxygen atoms in total. The van der Waals surface area contributed by atoms with Gasteiger partial charge in [0.05, 0.1) is 16.2 Å². The molecule has 0 bridgehead atoms. The van der Waals surface area contributed by atoms with Crippen LogP contribution in [0.3, 0.4) is 0 Å². The molecule has 0 aromatic heterocycles. The van der Waals surface area contributed by atoms with Crippen molar-refractivity contribution in [1.29, 1.82) is 0 Å². The van der Waals surface area contributed by atoms with E-state index in [-0.39, 0.29) is 40.4 Å². The van der Waals surface area contributed by atoms with Crippen molar-refractivity contribution in [2.75, 3.05) is 0 Å². The zero-order valence-corrected chi connectivity index (χ0v) is 33.8. The second-order valence-electron chi connectivity index (χ2n) is 14.9. The quantitative estimate of drug-likeness (QED) is 0.105. The van der Waals surface area contributed by atoms with Crippen LogP contribution in [0.2, 0.25) is 0 Å². The number of hydrogen-bond donors (Lipinski definition) is 0. The zero-order valence-electron chi connectivity index (χ0n) is 31.2. The van der Waals surface area contributed by atoms with Crippen LogP contribution in [0.4, 0.5) is 92.2 Å². The van der Waals surface area contributed by atoms with E-state index in [1.165, 1.54) is 62.3 Å². The van der Waals surface area contributed by atoms with Crippen LogP contribution in [0.5, 0.6) is 0 Å². The van der Waals surface area contributed by atoms with Gasteiger partial charge >= 0.3 is 88.8 Å². The van der Waals surface area contributed by atoms with Crippen molar-refractivity contribution in [3.05, 3.63) is 0 Å². The molecule has 6 N–H and O–H groups in total. The molecule has 0 fully saturated rings. The Morgan fingerprint density at radius 2 is 0.397 bits per heavy atom. The van der Waals surface area contributed by atoms with Crippen molar-refractivity contribution in [1.82, 2.24) is 0 Å². The van der Waals surface area contributed by atoms with Crippen LogP contribution >= 0.6 is 0 Å². The Morgan fingerprint density at radius 3 is 0.483 bits per heavy atom. The molecule has 0 heterocycles. The van der Waals surface area contributed by atoms with Gasteiger partial charge in [-0.15, -0.1) is 0 Å². The van der Waals surface area contributed by atoms with E-state index in [2.05, 4.69) is 0 Å². The third kappa shape index (κ3) is 15.1. The standard InChI is InChI=1S/3C10H11F7O2.Sm/c3*1-7(2,3)5(18)4-6(19)8(11,12)9(13,14)10(15,16)17;/h3*4H2,1-3H3;/p+6. The van der Waals surface area contributed by atoms with Gasteiger partial charge in [0.1, 0.15) is 0 Å². The maximum absolute atomic E-state index is 13.0. The Labute approximate surface area is 346 Å². The number of carbonyl (C=O) groups excluding carboxylic acids is 6. The van der Waals surface area contributed by atoms with Crippen LogP contribution in [0.25, 0.3) is 0 Å². The summed E-state index contributed by atoms with van der Waals surface area (Å²) in [6.45, 7) is 11.7. The van der Waals surface area contributed by atoms with Crippen molar-refractivity contribution in [2.24, 2.45) is 16.2 Å². The van der Waals surface area contributed by atoms with Crippen molar-refractivity contribution in [3.63, 3.8) is 0 Å². The second-order valence-corrected chi connectivity index (χ2v) is 14.9. The van der Waals surface area contributed by atoms with Crippen molar-refractivity contribution >= 4 is 34.7 Å². The van der Waals surface area contributed by atoms with Crippen LogP contribution in [-0.2, 0) is 0 Å². The SMILES string of the molecule is CC(C)(C)C(=[OH+])CC(=[OH+])C(F)(F)C(F)(F)C(F)(F)F.CC(C)(C)C(=[OH+])CC(=[OH+])C(F)(F)C(F)(F)C(F)(F)F.CC(C)(C)C(=[OH+])CC(=[OH+])C(F)(F)C(F)(F)C(F)(F)F.[Sm]. The second kappa shape index (κ2) is 19.3. The number of rotatable bonds is 12. The van der Waals surface area contributed by atoms with Crippen LogP contribution in [0.1, 0.15) is 81.6 Å². The minimum Gasteiger partial charge on any atom is -0.282 e. The fraction of sp³-hybridized carbons (Fsp3) is 0.800. The molecule has 0 atom stereocenters. The maximum atomic E-state index is 13.0. The monoisotopic (exact) mass is 1050 g/mol. The molecule has 0 amide bonds. The van der Waals surface area contributed by atoms with Crippen LogP contribution in [-0.4, -0.2) is 118 Å². The van der Waals surface area contributed by atoms with E-state index in [1.54, 1.807) is 0 Å². The average Bonchev–Trinajstić information content (AvgIpc) is 2.93. The molecule has 0 aromatic rings. The van der Waals surface area contributed by atoms with Crippen LogP contribution in [0, 0.1) is 56.6 Å². The molecule has 0 radical (unpaired) electrons. The summed E-state index contributed by atoms with van der Waals surface area (Å²) in [7, 11) is 0. The summed E-state index contributed by atoms with van der Waals surface area (Å²) in [6, 6.07) is 0. The Hall–Kier alpha value is -2.11. The summed E-state index contributed by atoms with van der Waals surface area (Å²) in [6.07, 6.45) is -24.0. The van der Waals surface area contributed by atoms with Gasteiger partial charge in [-0.3, -0.25) is 28.8 Å². The molecule has 0 aliphatic carbocycles. The van der Waals surface area contributed by atoms with Gasteiger partial charge in [-0.1, -0.05) is 0 Å². The first-order chi connectivity index (χ1) is 24.1. The Balaban J connectivity index is -0.000000374. The average molecular weight is 1040 g/mol. The summed E-state index contributed by atoms with van der Waals surface area (Å²) >= 11 is 0. The summed E-state index contributed by atoms with van der Waals surface area (Å²) in [4.78, 5) is 54.2. The van der Waals surface area contributed by atoms with E-state index >= 15 is 0 Å². The minimum absolute atomic E-state index is 0. The fourth-order valence-corrected chi connectivity index (χ4v) is 2.68. The molecule has 0 saturated heterocycles. The van der Waals surface area contributed by atoms with E-state index < -0.39 is 124 Å². The first kappa shape index (κ1) is 62.5. The van der Waals surface area contributed by atoms with Crippen molar-refractivity contribution in [3.8, 4) is 0 Å². The normalized spacial score (nSPS) is 14.2. The zero-order chi connectivity index (χ0) is 47.6. The molecule has 0 aliphatic rings. The first-order valence-electron chi connectivity index (χ1n) is 14.9. The summed E-state index contributed by atoms with van der Waals surface area (Å²) in [5, 5.41) is 0. The molecule has 0 saturated carbocycles. The first-order valence-corrected chi connectivity index (χ1v) is 14.9. The molecule has 0 unspecified atom stereocenters. The predicted octanol–water partition coefficient (Wildman–Crippen LogP) is 10.0. The molecule has 0 rings (SSSR count). The van der Waals surface area contributed by atoms with E-state index in [9.17, 15) is 107 Å². The van der Waals surface area contributed by atoms with Gasteiger partial charge in [0.25, 0.3) is 0 Å². The van der Waals surface area contributed by atoms with Crippen molar-refractivity contribution in [2.45, 2.75) is 136 Å². The largest absolute Gasteiger partial charge is 0.460 e. The van der Waals surface area contributed by atoms with Crippen LogP contribution in [0.15, 0.2) is 0 Å². The molecular weight excluding hydrogens is 1010 g/mol. The van der Waals surface area contributed by atoms with Gasteiger partial charge in [-0.2, -0.15) is 92.2 Å². The third-order valence-corrected chi connectivity index (χ3v) is 6.94. The predicted molar refractivity (Wildman–Crippen MR) is 162 cm³/mol. The summed E-state index contributed by atoms with van der Waals surface area (Å²) in [5.74, 6) is -46.6. The van der Waals surface area contributed by atoms with Crippen LogP contribution < -0.4 is 0 Å². The number of hydrogen-bond acceptors (Lipinski definition) is 0. The molecule has 0 aliphatic heterocycles. The smallest absolute Gasteiger partial charge is 0.282 e. The van der Waals surface area contributed by atoms with E-state index in [0.717, 1.165) is 0 Å². The van der Waals surface area contributed by atoms with Gasteiger partial charge in [-0.25, -0.2) is 0 Å². The van der Waals surface area contributed by atoms with Gasteiger partial charge in [-0.05, 0) is 62.3 Å². The summed E-state index contributed by atoms with van der Waals surface area (Å²) in [5.41, 5.74) is -3.47. The van der Waals surface area contributed by atoms with Gasteiger partial charge in [0.2, 0.25) is 0 Å². The molecule has 0 spiro atoms. The molecule has 28 heteroatoms. The van der Waals surface area contributed by atoms with E-state index in [4.69, 9.17) is 14.4 Å². The summed E-state index contributed by atoms with van der Waals surface area (Å²) < 4.78 is 260. The van der Waals surface area contributed by atoms with Gasteiger partial charge in [0.15, 0.2) is 19.3 Å². The van der Waals surface area contributed by atoms with Gasteiger partial charge in [0, 0.05) is 40.4 Å². The van der Waals surface area contributed by atoms with Gasteiger partial charge < -0.3 is 0 Å². The van der Waals surface area contributed by atoms with E-state index in [0.29, 0.717) is 0 Å². The van der Waals surface area contributed by atoms with Crippen molar-refractivity contribution < 1.29 is 161 Å². The Morgan fingerprint density at radius 1 is 0.276 bits per heavy atom. The fourth-order valence-electron chi connectivity index (χ4n) is 2.68. The van der Waals surface area contributed by atoms with E-state index in [1.807, 2.05) is 0 Å².